The van der Waals surface area contributed by atoms with E-state index in [-0.39, 0.29) is 12.2 Å². The average Bonchev–Trinajstić information content (AvgIpc) is 2.26. The molecule has 0 saturated carbocycles. The van der Waals surface area contributed by atoms with Crippen molar-refractivity contribution in [3.63, 3.8) is 0 Å². The number of nitrogens with zero attached hydrogens (tertiary/aromatic N) is 1. The summed E-state index contributed by atoms with van der Waals surface area (Å²) >= 11 is 1.98. The lowest BCUT2D eigenvalue weighted by molar-refractivity contribution is -0.384. The number of halogens is 1. The van der Waals surface area contributed by atoms with Crippen LogP contribution in [0.4, 0.5) is 11.4 Å². The fourth-order valence-electron chi connectivity index (χ4n) is 1.04. The van der Waals surface area contributed by atoms with Gasteiger partial charge in [0.05, 0.1) is 12.0 Å². The molecule has 6 nitrogen and oxygen atoms in total. The molecule has 16 heavy (non-hydrogen) atoms. The van der Waals surface area contributed by atoms with Gasteiger partial charge in [-0.1, -0.05) is 0 Å². The molecule has 1 rings (SSSR count). The second-order valence-electron chi connectivity index (χ2n) is 2.85. The standard InChI is InChI=1S/C9H9IN2O4/c1-16-9(13)5-11-7-3-2-6(10)4-8(7)12(14)15/h2-4,11H,5H2,1H3. The maximum Gasteiger partial charge on any atom is 0.325 e. The minimum atomic E-state index is -0.498. The van der Waals surface area contributed by atoms with E-state index in [1.54, 1.807) is 12.1 Å². The number of hydrogen-bond donors (Lipinski definition) is 1. The molecule has 0 amide bonds. The Morgan fingerprint density at radius 1 is 1.62 bits per heavy atom. The number of methoxy groups -OCH3 is 1. The van der Waals surface area contributed by atoms with Gasteiger partial charge in [-0.25, -0.2) is 0 Å². The van der Waals surface area contributed by atoms with E-state index in [4.69, 9.17) is 0 Å². The number of esters is 1. The van der Waals surface area contributed by atoms with Crippen molar-refractivity contribution in [2.45, 2.75) is 0 Å². The zero-order chi connectivity index (χ0) is 12.1. The quantitative estimate of drug-likeness (QED) is 0.392. The van der Waals surface area contributed by atoms with E-state index in [1.165, 1.54) is 13.2 Å². The van der Waals surface area contributed by atoms with E-state index in [2.05, 4.69) is 10.1 Å². The highest BCUT2D eigenvalue weighted by Gasteiger charge is 2.14. The molecule has 1 aromatic rings. The first-order chi connectivity index (χ1) is 7.54. The average molecular weight is 336 g/mol. The Hall–Kier alpha value is -1.38. The largest absolute Gasteiger partial charge is 0.468 e. The van der Waals surface area contributed by atoms with Gasteiger partial charge in [0.15, 0.2) is 0 Å². The molecule has 0 atom stereocenters. The van der Waals surface area contributed by atoms with Crippen LogP contribution in [0.3, 0.4) is 0 Å². The SMILES string of the molecule is COC(=O)CNc1ccc(I)cc1[N+](=O)[O-]. The number of anilines is 1. The molecule has 0 radical (unpaired) electrons. The third-order valence-corrected chi connectivity index (χ3v) is 2.48. The highest BCUT2D eigenvalue weighted by Crippen LogP contribution is 2.25. The van der Waals surface area contributed by atoms with Gasteiger partial charge in [-0.15, -0.1) is 0 Å². The molecule has 0 saturated heterocycles. The summed E-state index contributed by atoms with van der Waals surface area (Å²) in [7, 11) is 1.26. The summed E-state index contributed by atoms with van der Waals surface area (Å²) in [5, 5.41) is 13.4. The second kappa shape index (κ2) is 5.64. The highest BCUT2D eigenvalue weighted by atomic mass is 127. The number of ether oxygens (including phenoxy) is 1. The number of rotatable bonds is 4. The predicted molar refractivity (Wildman–Crippen MR) is 66.3 cm³/mol. The minimum absolute atomic E-state index is 0.0594. The van der Waals surface area contributed by atoms with Crippen LogP contribution in [0.2, 0.25) is 0 Å². The summed E-state index contributed by atoms with van der Waals surface area (Å²) in [6, 6.07) is 4.70. The van der Waals surface area contributed by atoms with Gasteiger partial charge in [-0.05, 0) is 34.7 Å². The first kappa shape index (κ1) is 12.7. The van der Waals surface area contributed by atoms with E-state index in [1.807, 2.05) is 22.6 Å². The molecule has 1 N–H and O–H groups in total. The molecule has 0 bridgehead atoms. The zero-order valence-electron chi connectivity index (χ0n) is 8.40. The molecule has 0 fully saturated rings. The summed E-state index contributed by atoms with van der Waals surface area (Å²) in [5.74, 6) is -0.479. The first-order valence-corrected chi connectivity index (χ1v) is 5.37. The van der Waals surface area contributed by atoms with Crippen LogP contribution in [-0.4, -0.2) is 24.5 Å². The van der Waals surface area contributed by atoms with Gasteiger partial charge in [-0.3, -0.25) is 14.9 Å². The molecule has 7 heteroatoms. The van der Waals surface area contributed by atoms with Crippen molar-refractivity contribution in [2.75, 3.05) is 19.0 Å². The van der Waals surface area contributed by atoms with Crippen molar-refractivity contribution in [3.05, 3.63) is 31.9 Å². The Morgan fingerprint density at radius 3 is 2.88 bits per heavy atom. The van der Waals surface area contributed by atoms with Gasteiger partial charge in [0, 0.05) is 9.64 Å². The van der Waals surface area contributed by atoms with Crippen LogP contribution in [0.5, 0.6) is 0 Å². The molecule has 0 spiro atoms. The number of nitro benzene ring substituents is 1. The Kier molecular flexibility index (Phi) is 4.47. The van der Waals surface area contributed by atoms with Crippen LogP contribution in [0.1, 0.15) is 0 Å². The van der Waals surface area contributed by atoms with Crippen LogP contribution < -0.4 is 5.32 Å². The Morgan fingerprint density at radius 2 is 2.31 bits per heavy atom. The third-order valence-electron chi connectivity index (χ3n) is 1.81. The maximum atomic E-state index is 10.9. The molecular formula is C9H9IN2O4. The smallest absolute Gasteiger partial charge is 0.325 e. The van der Waals surface area contributed by atoms with Crippen molar-refractivity contribution in [2.24, 2.45) is 0 Å². The summed E-state index contributed by atoms with van der Waals surface area (Å²) in [4.78, 5) is 21.1. The summed E-state index contributed by atoms with van der Waals surface area (Å²) < 4.78 is 5.18. The van der Waals surface area contributed by atoms with Crippen LogP contribution in [0.25, 0.3) is 0 Å². The molecule has 0 aromatic heterocycles. The molecule has 1 aromatic carbocycles. The fourth-order valence-corrected chi connectivity index (χ4v) is 1.52. The highest BCUT2D eigenvalue weighted by molar-refractivity contribution is 14.1. The van der Waals surface area contributed by atoms with Crippen molar-refractivity contribution in [1.82, 2.24) is 0 Å². The number of benzene rings is 1. The minimum Gasteiger partial charge on any atom is -0.468 e. The fraction of sp³-hybridized carbons (Fsp3) is 0.222. The van der Waals surface area contributed by atoms with Crippen LogP contribution in [0.15, 0.2) is 18.2 Å². The van der Waals surface area contributed by atoms with E-state index in [9.17, 15) is 14.9 Å². The molecule has 0 aliphatic heterocycles. The summed E-state index contributed by atoms with van der Waals surface area (Å²) in [6.07, 6.45) is 0. The van der Waals surface area contributed by atoms with Crippen molar-refractivity contribution < 1.29 is 14.5 Å². The van der Waals surface area contributed by atoms with Crippen molar-refractivity contribution in [1.29, 1.82) is 0 Å². The van der Waals surface area contributed by atoms with E-state index >= 15 is 0 Å². The van der Waals surface area contributed by atoms with Gasteiger partial charge in [0.25, 0.3) is 5.69 Å². The van der Waals surface area contributed by atoms with E-state index in [0.717, 1.165) is 3.57 Å². The van der Waals surface area contributed by atoms with E-state index in [0.29, 0.717) is 5.69 Å². The zero-order valence-corrected chi connectivity index (χ0v) is 10.6. The molecule has 0 unspecified atom stereocenters. The summed E-state index contributed by atoms with van der Waals surface area (Å²) in [5.41, 5.74) is 0.242. The number of carbonyl (C=O) groups excluding carboxylic acids is 1. The molecule has 0 aliphatic carbocycles. The molecule has 0 aliphatic rings. The van der Waals surface area contributed by atoms with Crippen molar-refractivity contribution in [3.8, 4) is 0 Å². The Bertz CT molecular complexity index is 422. The van der Waals surface area contributed by atoms with Gasteiger partial charge in [0.2, 0.25) is 0 Å². The van der Waals surface area contributed by atoms with Crippen LogP contribution in [0, 0.1) is 13.7 Å². The monoisotopic (exact) mass is 336 g/mol. The molecular weight excluding hydrogens is 327 g/mol. The number of nitrogens with one attached hydrogen (secondary N) is 1. The summed E-state index contributed by atoms with van der Waals surface area (Å²) in [6.45, 7) is -0.0993. The number of nitro groups is 1. The second-order valence-corrected chi connectivity index (χ2v) is 4.09. The van der Waals surface area contributed by atoms with Gasteiger partial charge in [-0.2, -0.15) is 0 Å². The van der Waals surface area contributed by atoms with Crippen LogP contribution >= 0.6 is 22.6 Å². The number of hydrogen-bond acceptors (Lipinski definition) is 5. The van der Waals surface area contributed by atoms with Gasteiger partial charge in [0.1, 0.15) is 12.2 Å². The predicted octanol–water partition coefficient (Wildman–Crippen LogP) is 1.78. The Labute approximate surface area is 105 Å². The lowest BCUT2D eigenvalue weighted by Crippen LogP contribution is -2.15. The number of carbonyl (C=O) groups is 1. The Balaban J connectivity index is 2.87. The van der Waals surface area contributed by atoms with E-state index < -0.39 is 10.9 Å². The lowest BCUT2D eigenvalue weighted by atomic mass is 10.2. The van der Waals surface area contributed by atoms with Crippen molar-refractivity contribution >= 4 is 39.9 Å². The van der Waals surface area contributed by atoms with Crippen LogP contribution in [-0.2, 0) is 9.53 Å². The normalized spacial score (nSPS) is 9.62. The topological polar surface area (TPSA) is 81.5 Å². The molecule has 0 heterocycles. The first-order valence-electron chi connectivity index (χ1n) is 4.29. The van der Waals surface area contributed by atoms with Gasteiger partial charge >= 0.3 is 5.97 Å². The van der Waals surface area contributed by atoms with Gasteiger partial charge < -0.3 is 10.1 Å². The lowest BCUT2D eigenvalue weighted by Gasteiger charge is -2.05. The molecule has 86 valence electrons. The third kappa shape index (κ3) is 3.33. The maximum absolute atomic E-state index is 10.9.